The Labute approximate surface area is 517 Å². The average molecular weight is 1260 g/mol. The predicted molar refractivity (Wildman–Crippen MR) is 340 cm³/mol. The quantitative estimate of drug-likeness (QED) is 0.0222. The van der Waals surface area contributed by atoms with Crippen LogP contribution in [0, 0.1) is 23.7 Å². The Hall–Kier alpha value is -1.94. The molecule has 0 amide bonds. The van der Waals surface area contributed by atoms with Gasteiger partial charge in [0.2, 0.25) is 0 Å². The number of rotatable bonds is 63. The number of unbranched alkanes of at least 4 members (excludes halogenated alkanes) is 28. The fraction of sp³-hybridized carbons (Fsp3) is 0.939. The Morgan fingerprint density at radius 1 is 0.329 bits per heavy atom. The van der Waals surface area contributed by atoms with Crippen molar-refractivity contribution >= 4 is 39.5 Å². The summed E-state index contributed by atoms with van der Waals surface area (Å²) in [6.45, 7) is 13.9. The maximum absolute atomic E-state index is 13.0. The Balaban J connectivity index is 5.23. The minimum absolute atomic E-state index is 0.101. The van der Waals surface area contributed by atoms with Crippen molar-refractivity contribution in [3.05, 3.63) is 0 Å². The third kappa shape index (κ3) is 59.5. The normalized spacial score (nSPS) is 14.7. The number of aliphatic hydroxyl groups is 1. The second-order valence-corrected chi connectivity index (χ2v) is 28.4. The third-order valence-corrected chi connectivity index (χ3v) is 17.3. The molecule has 0 saturated heterocycles. The maximum atomic E-state index is 13.0. The van der Waals surface area contributed by atoms with Gasteiger partial charge >= 0.3 is 39.5 Å². The molecule has 0 heterocycles. The highest BCUT2D eigenvalue weighted by atomic mass is 31.2. The molecule has 0 fully saturated rings. The van der Waals surface area contributed by atoms with Crippen molar-refractivity contribution in [2.24, 2.45) is 23.7 Å². The summed E-state index contributed by atoms with van der Waals surface area (Å²) in [7, 11) is -9.89. The molecule has 0 aliphatic heterocycles. The molecule has 3 N–H and O–H groups in total. The molecule has 0 aliphatic rings. The van der Waals surface area contributed by atoms with Gasteiger partial charge in [-0.25, -0.2) is 9.13 Å². The second kappa shape index (κ2) is 56.1. The van der Waals surface area contributed by atoms with Gasteiger partial charge in [0.05, 0.1) is 26.4 Å². The van der Waals surface area contributed by atoms with Gasteiger partial charge in [0, 0.05) is 25.7 Å². The number of carbonyl (C=O) groups excluding carboxylic acids is 4. The van der Waals surface area contributed by atoms with Crippen LogP contribution in [0.3, 0.4) is 0 Å². The fourth-order valence-corrected chi connectivity index (χ4v) is 11.3. The number of phosphoric ester groups is 2. The molecule has 19 heteroatoms. The number of esters is 4. The monoisotopic (exact) mass is 1250 g/mol. The predicted octanol–water partition coefficient (Wildman–Crippen LogP) is 18.1. The van der Waals surface area contributed by atoms with Crippen molar-refractivity contribution < 1.29 is 80.2 Å². The minimum atomic E-state index is -4.95. The summed E-state index contributed by atoms with van der Waals surface area (Å²) < 4.78 is 68.0. The van der Waals surface area contributed by atoms with Crippen LogP contribution in [0.15, 0.2) is 0 Å². The van der Waals surface area contributed by atoms with Gasteiger partial charge in [0.1, 0.15) is 19.3 Å². The number of hydrogen-bond donors (Lipinski definition) is 3. The van der Waals surface area contributed by atoms with Crippen molar-refractivity contribution in [2.45, 2.75) is 337 Å². The molecular formula is C66H128O17P2. The summed E-state index contributed by atoms with van der Waals surface area (Å²) in [6, 6.07) is 0. The molecule has 504 valence electrons. The van der Waals surface area contributed by atoms with Crippen LogP contribution in [0.25, 0.3) is 0 Å². The standard InChI is InChI=1S/C66H128O17P2/c1-9-59(8)45-37-29-23-25-31-39-47-64(69)77-53-61(82-65(70)48-40-32-20-16-14-12-10-11-13-15-18-26-34-42-56(2)3)54-80-84(72,73)78-50-60(67)51-79-85(74,75)81-55-62(83-66(71)49-41-33-24-22-28-36-44-58(6)7)52-76-63(68)46-38-30-21-17-19-27-35-43-57(4)5/h56-62,67H,9-55H2,1-8H3,(H,72,73)(H,74,75)/t59?,60-,61+,62+/m0/s1. The summed E-state index contributed by atoms with van der Waals surface area (Å²) in [4.78, 5) is 72.3. The van der Waals surface area contributed by atoms with Crippen molar-refractivity contribution in [1.29, 1.82) is 0 Å². The first kappa shape index (κ1) is 83.1. The van der Waals surface area contributed by atoms with Crippen LogP contribution in [0.1, 0.15) is 319 Å². The van der Waals surface area contributed by atoms with E-state index >= 15 is 0 Å². The SMILES string of the molecule is CCC(C)CCCCCCCCC(=O)OC[C@H](COP(=O)(O)OC[C@H](O)COP(=O)(O)OC[C@@H](COC(=O)CCCCCCCCCC(C)C)OC(=O)CCCCCCCCC(C)C)OC(=O)CCCCCCCCCCCCCCCC(C)C. The molecule has 0 rings (SSSR count). The van der Waals surface area contributed by atoms with Crippen molar-refractivity contribution in [3.8, 4) is 0 Å². The highest BCUT2D eigenvalue weighted by Crippen LogP contribution is 2.45. The highest BCUT2D eigenvalue weighted by Gasteiger charge is 2.30. The lowest BCUT2D eigenvalue weighted by atomic mass is 10.00. The molecule has 0 saturated carbocycles. The van der Waals surface area contributed by atoms with Crippen LogP contribution in [0.4, 0.5) is 0 Å². The van der Waals surface area contributed by atoms with Crippen molar-refractivity contribution in [2.75, 3.05) is 39.6 Å². The van der Waals surface area contributed by atoms with Gasteiger partial charge in [-0.05, 0) is 49.4 Å². The summed E-state index contributed by atoms with van der Waals surface area (Å²) in [5.41, 5.74) is 0. The van der Waals surface area contributed by atoms with Crippen LogP contribution in [-0.4, -0.2) is 96.7 Å². The maximum Gasteiger partial charge on any atom is 0.472 e. The summed E-state index contributed by atoms with van der Waals surface area (Å²) in [5.74, 6) is 0.751. The number of aliphatic hydroxyl groups excluding tert-OH is 1. The van der Waals surface area contributed by atoms with Gasteiger partial charge in [0.15, 0.2) is 12.2 Å². The molecule has 0 aromatic carbocycles. The lowest BCUT2D eigenvalue weighted by molar-refractivity contribution is -0.161. The van der Waals surface area contributed by atoms with Crippen LogP contribution >= 0.6 is 15.6 Å². The number of ether oxygens (including phenoxy) is 4. The molecule has 0 aliphatic carbocycles. The van der Waals surface area contributed by atoms with E-state index in [0.29, 0.717) is 37.5 Å². The molecule has 6 atom stereocenters. The molecular weight excluding hydrogens is 1130 g/mol. The molecule has 0 aromatic heterocycles. The van der Waals surface area contributed by atoms with E-state index < -0.39 is 97.5 Å². The van der Waals surface area contributed by atoms with Crippen LogP contribution in [0.2, 0.25) is 0 Å². The van der Waals surface area contributed by atoms with Crippen molar-refractivity contribution in [1.82, 2.24) is 0 Å². The lowest BCUT2D eigenvalue weighted by Crippen LogP contribution is -2.30. The number of phosphoric acid groups is 2. The Morgan fingerprint density at radius 2 is 0.565 bits per heavy atom. The molecule has 85 heavy (non-hydrogen) atoms. The Bertz CT molecular complexity index is 1700. The second-order valence-electron chi connectivity index (χ2n) is 25.5. The topological polar surface area (TPSA) is 237 Å². The highest BCUT2D eigenvalue weighted by molar-refractivity contribution is 7.47. The lowest BCUT2D eigenvalue weighted by Gasteiger charge is -2.21. The fourth-order valence-electron chi connectivity index (χ4n) is 9.75. The number of hydrogen-bond acceptors (Lipinski definition) is 15. The van der Waals surface area contributed by atoms with Crippen LogP contribution in [0.5, 0.6) is 0 Å². The van der Waals surface area contributed by atoms with Gasteiger partial charge in [-0.1, -0.05) is 267 Å². The zero-order valence-electron chi connectivity index (χ0n) is 55.2. The molecule has 0 bridgehead atoms. The first-order chi connectivity index (χ1) is 40.6. The van der Waals surface area contributed by atoms with Crippen LogP contribution in [-0.2, 0) is 65.4 Å². The van der Waals surface area contributed by atoms with Gasteiger partial charge in [-0.3, -0.25) is 37.3 Å². The molecule has 0 radical (unpaired) electrons. The average Bonchev–Trinajstić information content (AvgIpc) is 3.56. The van der Waals surface area contributed by atoms with E-state index in [9.17, 15) is 43.2 Å². The molecule has 17 nitrogen and oxygen atoms in total. The zero-order chi connectivity index (χ0) is 63.2. The summed E-state index contributed by atoms with van der Waals surface area (Å²) in [6.07, 6.45) is 36.5. The van der Waals surface area contributed by atoms with Crippen molar-refractivity contribution in [3.63, 3.8) is 0 Å². The third-order valence-electron chi connectivity index (χ3n) is 15.4. The van der Waals surface area contributed by atoms with E-state index in [1.54, 1.807) is 0 Å². The van der Waals surface area contributed by atoms with E-state index in [2.05, 4.69) is 55.4 Å². The molecule has 0 spiro atoms. The van der Waals surface area contributed by atoms with Gasteiger partial charge in [-0.2, -0.15) is 0 Å². The van der Waals surface area contributed by atoms with E-state index in [0.717, 1.165) is 115 Å². The van der Waals surface area contributed by atoms with Crippen LogP contribution < -0.4 is 0 Å². The smallest absolute Gasteiger partial charge is 0.462 e. The largest absolute Gasteiger partial charge is 0.472 e. The number of carbonyl (C=O) groups is 4. The summed E-state index contributed by atoms with van der Waals surface area (Å²) in [5, 5.41) is 10.5. The molecule has 3 unspecified atom stereocenters. The van der Waals surface area contributed by atoms with E-state index in [4.69, 9.17) is 37.0 Å². The summed E-state index contributed by atoms with van der Waals surface area (Å²) >= 11 is 0. The van der Waals surface area contributed by atoms with Gasteiger partial charge in [-0.15, -0.1) is 0 Å². The molecule has 0 aromatic rings. The van der Waals surface area contributed by atoms with E-state index in [1.807, 2.05) is 0 Å². The first-order valence-electron chi connectivity index (χ1n) is 34.2. The van der Waals surface area contributed by atoms with Gasteiger partial charge in [0.25, 0.3) is 0 Å². The van der Waals surface area contributed by atoms with Gasteiger partial charge < -0.3 is 33.8 Å². The zero-order valence-corrected chi connectivity index (χ0v) is 57.0. The van der Waals surface area contributed by atoms with E-state index in [1.165, 1.54) is 109 Å². The Kier molecular flexibility index (Phi) is 54.8. The minimum Gasteiger partial charge on any atom is -0.462 e. The van der Waals surface area contributed by atoms with E-state index in [-0.39, 0.29) is 25.7 Å². The Morgan fingerprint density at radius 3 is 0.835 bits per heavy atom. The first-order valence-corrected chi connectivity index (χ1v) is 37.2.